The number of benzene rings is 1. The lowest BCUT2D eigenvalue weighted by atomic mass is 10.1. The van der Waals surface area contributed by atoms with E-state index >= 15 is 0 Å². The highest BCUT2D eigenvalue weighted by Gasteiger charge is 2.16. The summed E-state index contributed by atoms with van der Waals surface area (Å²) in [6.45, 7) is 1.65. The molecular weight excluding hydrogens is 219 g/mol. The van der Waals surface area contributed by atoms with Crippen molar-refractivity contribution in [1.82, 2.24) is 0 Å². The number of fused-ring (bicyclic) bond motifs is 1. The molecule has 0 spiro atoms. The van der Waals surface area contributed by atoms with Gasteiger partial charge in [-0.05, 0) is 19.1 Å². The second-order valence-electron chi connectivity index (χ2n) is 3.32. The lowest BCUT2D eigenvalue weighted by molar-refractivity contribution is -0.113. The van der Waals surface area contributed by atoms with E-state index in [0.717, 1.165) is 0 Å². The van der Waals surface area contributed by atoms with E-state index in [9.17, 15) is 9.18 Å². The van der Waals surface area contributed by atoms with Gasteiger partial charge in [0.25, 0.3) is 0 Å². The van der Waals surface area contributed by atoms with Gasteiger partial charge >= 0.3 is 0 Å². The van der Waals surface area contributed by atoms with E-state index in [-0.39, 0.29) is 17.4 Å². The summed E-state index contributed by atoms with van der Waals surface area (Å²) in [6.07, 6.45) is 1.67. The van der Waals surface area contributed by atoms with Crippen molar-refractivity contribution in [3.8, 4) is 5.75 Å². The molecule has 2 nitrogen and oxygen atoms in total. The molecule has 1 aromatic carbocycles. The fourth-order valence-electron chi connectivity index (χ4n) is 1.37. The van der Waals surface area contributed by atoms with Crippen molar-refractivity contribution in [2.75, 3.05) is 6.61 Å². The summed E-state index contributed by atoms with van der Waals surface area (Å²) in [4.78, 5) is 11.1. The number of rotatable bonds is 1. The second-order valence-corrected chi connectivity index (χ2v) is 3.73. The van der Waals surface area contributed by atoms with Gasteiger partial charge in [-0.15, -0.1) is 0 Å². The van der Waals surface area contributed by atoms with E-state index in [4.69, 9.17) is 16.3 Å². The Hall–Kier alpha value is -1.35. The van der Waals surface area contributed by atoms with E-state index in [0.29, 0.717) is 16.9 Å². The monoisotopic (exact) mass is 226 g/mol. The molecule has 2 rings (SSSR count). The van der Waals surface area contributed by atoms with Crippen molar-refractivity contribution in [3.63, 3.8) is 0 Å². The normalized spacial score (nSPS) is 13.9. The van der Waals surface area contributed by atoms with Gasteiger partial charge in [-0.1, -0.05) is 11.6 Å². The molecule has 0 saturated carbocycles. The molecule has 0 bridgehead atoms. The molecule has 0 aliphatic carbocycles. The maximum absolute atomic E-state index is 13.1. The highest BCUT2D eigenvalue weighted by Crippen LogP contribution is 2.31. The molecule has 15 heavy (non-hydrogen) atoms. The smallest absolute Gasteiger partial charge is 0.159 e. The molecule has 78 valence electrons. The van der Waals surface area contributed by atoms with E-state index in [1.165, 1.54) is 19.1 Å². The van der Waals surface area contributed by atoms with E-state index in [2.05, 4.69) is 0 Å². The van der Waals surface area contributed by atoms with Crippen molar-refractivity contribution in [2.24, 2.45) is 0 Å². The summed E-state index contributed by atoms with van der Waals surface area (Å²) < 4.78 is 18.3. The van der Waals surface area contributed by atoms with Crippen LogP contribution in [-0.2, 0) is 4.79 Å². The first-order valence-electron chi connectivity index (χ1n) is 4.41. The Morgan fingerprint density at radius 2 is 2.27 bits per heavy atom. The maximum Gasteiger partial charge on any atom is 0.159 e. The summed E-state index contributed by atoms with van der Waals surface area (Å²) in [5.74, 6) is -0.155. The van der Waals surface area contributed by atoms with Crippen molar-refractivity contribution in [1.29, 1.82) is 0 Å². The Kier molecular flexibility index (Phi) is 2.49. The summed E-state index contributed by atoms with van der Waals surface area (Å²) in [7, 11) is 0. The Morgan fingerprint density at radius 3 is 2.93 bits per heavy atom. The largest absolute Gasteiger partial charge is 0.488 e. The molecule has 0 atom stereocenters. The van der Waals surface area contributed by atoms with Gasteiger partial charge in [-0.2, -0.15) is 0 Å². The standard InChI is InChI=1S/C11H8ClFO2/c1-6(14)8-2-7-3-9(12)10(13)4-11(7)15-5-8/h2-4H,5H2,1H3. The zero-order valence-corrected chi connectivity index (χ0v) is 8.77. The number of halogens is 2. The van der Waals surface area contributed by atoms with Gasteiger partial charge in [0.2, 0.25) is 0 Å². The van der Waals surface area contributed by atoms with Crippen LogP contribution in [0.2, 0.25) is 5.02 Å². The molecule has 4 heteroatoms. The number of carbonyl (C=O) groups excluding carboxylic acids is 1. The highest BCUT2D eigenvalue weighted by atomic mass is 35.5. The van der Waals surface area contributed by atoms with Crippen LogP contribution in [0.25, 0.3) is 6.08 Å². The van der Waals surface area contributed by atoms with E-state index in [1.54, 1.807) is 6.08 Å². The first kappa shape index (κ1) is 10.2. The quantitative estimate of drug-likeness (QED) is 0.736. The Morgan fingerprint density at radius 1 is 1.53 bits per heavy atom. The second kappa shape index (κ2) is 3.66. The SMILES string of the molecule is CC(=O)C1=Cc2cc(Cl)c(F)cc2OC1. The maximum atomic E-state index is 13.1. The summed E-state index contributed by atoms with van der Waals surface area (Å²) in [6, 6.07) is 2.68. The summed E-state index contributed by atoms with van der Waals surface area (Å²) in [5.41, 5.74) is 1.20. The minimum Gasteiger partial charge on any atom is -0.488 e. The van der Waals surface area contributed by atoms with Crippen LogP contribution in [-0.4, -0.2) is 12.4 Å². The Bertz CT molecular complexity index is 466. The van der Waals surface area contributed by atoms with Gasteiger partial charge in [-0.25, -0.2) is 4.39 Å². The minimum absolute atomic E-state index is 0.0263. The van der Waals surface area contributed by atoms with Crippen LogP contribution < -0.4 is 4.74 Å². The van der Waals surface area contributed by atoms with Crippen molar-refractivity contribution < 1.29 is 13.9 Å². The molecule has 0 fully saturated rings. The molecule has 1 heterocycles. The van der Waals surface area contributed by atoms with Gasteiger partial charge in [0.1, 0.15) is 18.2 Å². The zero-order valence-electron chi connectivity index (χ0n) is 8.01. The van der Waals surface area contributed by atoms with Crippen LogP contribution in [0.1, 0.15) is 12.5 Å². The van der Waals surface area contributed by atoms with Gasteiger partial charge in [0, 0.05) is 17.2 Å². The summed E-state index contributed by atoms with van der Waals surface area (Å²) >= 11 is 5.63. The fourth-order valence-corrected chi connectivity index (χ4v) is 1.54. The predicted octanol–water partition coefficient (Wildman–Crippen LogP) is 2.84. The molecule has 1 aliphatic rings. The van der Waals surface area contributed by atoms with Gasteiger partial charge in [0.15, 0.2) is 5.78 Å². The highest BCUT2D eigenvalue weighted by molar-refractivity contribution is 6.31. The van der Waals surface area contributed by atoms with Crippen LogP contribution in [0.3, 0.4) is 0 Å². The van der Waals surface area contributed by atoms with Crippen molar-refractivity contribution >= 4 is 23.5 Å². The molecule has 1 aromatic rings. The lowest BCUT2D eigenvalue weighted by Gasteiger charge is -2.16. The Labute approximate surface area is 91.3 Å². The molecule has 1 aliphatic heterocycles. The molecule has 0 N–H and O–H groups in total. The van der Waals surface area contributed by atoms with Gasteiger partial charge in [-0.3, -0.25) is 4.79 Å². The first-order valence-corrected chi connectivity index (χ1v) is 4.79. The number of carbonyl (C=O) groups is 1. The number of Topliss-reactive ketones (excluding diaryl/α,β-unsaturated/α-hetero) is 1. The fraction of sp³-hybridized carbons (Fsp3) is 0.182. The van der Waals surface area contributed by atoms with Gasteiger partial charge < -0.3 is 4.74 Å². The number of hydrogen-bond donors (Lipinski definition) is 0. The molecule has 0 saturated heterocycles. The van der Waals surface area contributed by atoms with Gasteiger partial charge in [0.05, 0.1) is 5.02 Å². The van der Waals surface area contributed by atoms with Crippen molar-refractivity contribution in [2.45, 2.75) is 6.92 Å². The van der Waals surface area contributed by atoms with E-state index < -0.39 is 5.82 Å². The third-order valence-corrected chi connectivity index (χ3v) is 2.51. The summed E-state index contributed by atoms with van der Waals surface area (Å²) in [5, 5.41) is 0.0263. The minimum atomic E-state index is -0.518. The van der Waals surface area contributed by atoms with Crippen LogP contribution in [0.5, 0.6) is 5.75 Å². The molecule has 0 radical (unpaired) electrons. The zero-order chi connectivity index (χ0) is 11.0. The Balaban J connectivity index is 2.51. The topological polar surface area (TPSA) is 26.3 Å². The van der Waals surface area contributed by atoms with Crippen molar-refractivity contribution in [3.05, 3.63) is 34.1 Å². The number of ketones is 1. The average molecular weight is 227 g/mol. The molecule has 0 unspecified atom stereocenters. The number of ether oxygens (including phenoxy) is 1. The molecule has 0 amide bonds. The third kappa shape index (κ3) is 1.88. The molecular formula is C11H8ClFO2. The third-order valence-electron chi connectivity index (χ3n) is 2.22. The number of hydrogen-bond acceptors (Lipinski definition) is 2. The van der Waals surface area contributed by atoms with Crippen LogP contribution in [0.4, 0.5) is 4.39 Å². The van der Waals surface area contributed by atoms with Crippen LogP contribution >= 0.6 is 11.6 Å². The lowest BCUT2D eigenvalue weighted by Crippen LogP contribution is -2.12. The average Bonchev–Trinajstić information content (AvgIpc) is 2.19. The predicted molar refractivity (Wildman–Crippen MR) is 55.6 cm³/mol. The van der Waals surface area contributed by atoms with Crippen LogP contribution in [0.15, 0.2) is 17.7 Å². The first-order chi connectivity index (χ1) is 7.08. The van der Waals surface area contributed by atoms with Crippen LogP contribution in [0, 0.1) is 5.82 Å². The van der Waals surface area contributed by atoms with E-state index in [1.807, 2.05) is 0 Å². The molecule has 0 aromatic heterocycles.